The van der Waals surface area contributed by atoms with Crippen molar-refractivity contribution in [1.82, 2.24) is 15.1 Å². The highest BCUT2D eigenvalue weighted by Crippen LogP contribution is 2.27. The van der Waals surface area contributed by atoms with Crippen LogP contribution in [0.25, 0.3) is 0 Å². The van der Waals surface area contributed by atoms with E-state index in [4.69, 9.17) is 0 Å². The molecule has 0 saturated heterocycles. The largest absolute Gasteiger partial charge is 0.378 e. The van der Waals surface area contributed by atoms with Gasteiger partial charge in [-0.25, -0.2) is 8.42 Å². The molecular weight excluding hydrogens is 446 g/mol. The summed E-state index contributed by atoms with van der Waals surface area (Å²) in [6.07, 6.45) is 0.987. The summed E-state index contributed by atoms with van der Waals surface area (Å²) in [6.45, 7) is 4.57. The summed E-state index contributed by atoms with van der Waals surface area (Å²) in [5.41, 5.74) is 2.75. The molecule has 2 N–H and O–H groups in total. The van der Waals surface area contributed by atoms with Crippen molar-refractivity contribution in [3.05, 3.63) is 81.2 Å². The van der Waals surface area contributed by atoms with Gasteiger partial charge in [-0.2, -0.15) is 5.10 Å². The average molecular weight is 472 g/mol. The van der Waals surface area contributed by atoms with Crippen LogP contribution in [0.1, 0.15) is 27.3 Å². The molecule has 0 atom stereocenters. The van der Waals surface area contributed by atoms with E-state index < -0.39 is 14.8 Å². The predicted octanol–water partition coefficient (Wildman–Crippen LogP) is 2.70. The van der Waals surface area contributed by atoms with Crippen molar-refractivity contribution in [2.75, 3.05) is 24.7 Å². The van der Waals surface area contributed by atoms with Gasteiger partial charge in [0.2, 0.25) is 0 Å². The summed E-state index contributed by atoms with van der Waals surface area (Å²) in [5, 5.41) is 21.5. The molecule has 10 nitrogen and oxygen atoms in total. The summed E-state index contributed by atoms with van der Waals surface area (Å²) < 4.78 is 25.1. The van der Waals surface area contributed by atoms with Gasteiger partial charge in [-0.05, 0) is 31.5 Å². The maximum Gasteiger partial charge on any atom is 0.293 e. The molecular formula is C22H25N5O5S. The van der Waals surface area contributed by atoms with Crippen molar-refractivity contribution in [2.24, 2.45) is 0 Å². The number of anilines is 1. The Bertz CT molecular complexity index is 1290. The lowest BCUT2D eigenvalue weighted by molar-refractivity contribution is -0.384. The molecule has 174 valence electrons. The Kier molecular flexibility index (Phi) is 7.12. The van der Waals surface area contributed by atoms with E-state index in [0.29, 0.717) is 17.8 Å². The molecule has 0 aliphatic carbocycles. The third-order valence-electron chi connectivity index (χ3n) is 5.10. The lowest BCUT2D eigenvalue weighted by Gasteiger charge is -2.10. The number of hydrogen-bond acceptors (Lipinski definition) is 7. The van der Waals surface area contributed by atoms with Gasteiger partial charge in [0, 0.05) is 31.1 Å². The van der Waals surface area contributed by atoms with E-state index in [1.165, 1.54) is 12.1 Å². The van der Waals surface area contributed by atoms with Gasteiger partial charge < -0.3 is 10.6 Å². The van der Waals surface area contributed by atoms with Gasteiger partial charge in [-0.3, -0.25) is 19.6 Å². The Hall–Kier alpha value is -3.73. The Labute approximate surface area is 191 Å². The molecule has 0 spiro atoms. The fourth-order valence-electron chi connectivity index (χ4n) is 3.44. The summed E-state index contributed by atoms with van der Waals surface area (Å²) in [4.78, 5) is 23.3. The molecule has 1 heterocycles. The van der Waals surface area contributed by atoms with Crippen LogP contribution < -0.4 is 10.6 Å². The summed E-state index contributed by atoms with van der Waals surface area (Å²) in [5.74, 6) is -0.284. The van der Waals surface area contributed by atoms with Crippen molar-refractivity contribution >= 4 is 27.1 Å². The number of carbonyl (C=O) groups is 1. The molecule has 33 heavy (non-hydrogen) atoms. The van der Waals surface area contributed by atoms with Crippen molar-refractivity contribution in [3.8, 4) is 0 Å². The van der Waals surface area contributed by atoms with Gasteiger partial charge in [0.15, 0.2) is 9.84 Å². The van der Waals surface area contributed by atoms with Gasteiger partial charge in [0.1, 0.15) is 5.69 Å². The number of nitro benzene ring substituents is 1. The van der Waals surface area contributed by atoms with Crippen molar-refractivity contribution in [3.63, 3.8) is 0 Å². The van der Waals surface area contributed by atoms with E-state index in [-0.39, 0.29) is 35.3 Å². The van der Waals surface area contributed by atoms with E-state index >= 15 is 0 Å². The monoisotopic (exact) mass is 471 g/mol. The van der Waals surface area contributed by atoms with Crippen LogP contribution in [0.15, 0.2) is 53.4 Å². The third kappa shape index (κ3) is 5.75. The second kappa shape index (κ2) is 9.82. The molecule has 0 radical (unpaired) electrons. The zero-order valence-electron chi connectivity index (χ0n) is 18.5. The predicted molar refractivity (Wildman–Crippen MR) is 124 cm³/mol. The van der Waals surface area contributed by atoms with E-state index in [1.54, 1.807) is 11.6 Å². The maximum atomic E-state index is 12.7. The van der Waals surface area contributed by atoms with Crippen LogP contribution in [0.4, 0.5) is 11.4 Å². The first kappa shape index (κ1) is 23.9. The van der Waals surface area contributed by atoms with Crippen molar-refractivity contribution in [2.45, 2.75) is 25.3 Å². The molecule has 11 heteroatoms. The van der Waals surface area contributed by atoms with Crippen LogP contribution in [-0.2, 0) is 16.4 Å². The van der Waals surface area contributed by atoms with Crippen LogP contribution in [0.5, 0.6) is 0 Å². The van der Waals surface area contributed by atoms with E-state index in [2.05, 4.69) is 15.7 Å². The summed E-state index contributed by atoms with van der Waals surface area (Å²) in [6, 6.07) is 13.5. The minimum absolute atomic E-state index is 0.133. The fourth-order valence-corrected chi connectivity index (χ4v) is 4.08. The molecule has 1 aromatic heterocycles. The Morgan fingerprint density at radius 2 is 1.82 bits per heavy atom. The summed E-state index contributed by atoms with van der Waals surface area (Å²) in [7, 11) is -3.57. The maximum absolute atomic E-state index is 12.7. The number of sulfone groups is 1. The standard InChI is InChI=1S/C22H25N5O5S/c1-15-21(16(2)26(25-15)14-17-7-5-4-6-8-17)22(28)24-12-11-23-19-10-9-18(33(3,31)32)13-20(19)27(29)30/h4-10,13,23H,11-12,14H2,1-3H3,(H,24,28). The number of nitrogens with zero attached hydrogens (tertiary/aromatic N) is 3. The summed E-state index contributed by atoms with van der Waals surface area (Å²) >= 11 is 0. The number of amides is 1. The van der Waals surface area contributed by atoms with Gasteiger partial charge in [0.25, 0.3) is 11.6 Å². The number of nitro groups is 1. The SMILES string of the molecule is Cc1nn(Cc2ccccc2)c(C)c1C(=O)NCCNc1ccc(S(C)(=O)=O)cc1[N+](=O)[O-]. The van der Waals surface area contributed by atoms with Crippen molar-refractivity contribution in [1.29, 1.82) is 0 Å². The zero-order valence-corrected chi connectivity index (χ0v) is 19.3. The molecule has 0 bridgehead atoms. The van der Waals surface area contributed by atoms with E-state index in [1.807, 2.05) is 37.3 Å². The first-order valence-electron chi connectivity index (χ1n) is 10.2. The number of carbonyl (C=O) groups excluding carboxylic acids is 1. The topological polar surface area (TPSA) is 136 Å². The number of aryl methyl sites for hydroxylation is 1. The molecule has 0 aliphatic rings. The van der Waals surface area contributed by atoms with Crippen molar-refractivity contribution < 1.29 is 18.1 Å². The number of nitrogens with one attached hydrogen (secondary N) is 2. The van der Waals surface area contributed by atoms with Gasteiger partial charge in [-0.15, -0.1) is 0 Å². The average Bonchev–Trinajstić information content (AvgIpc) is 3.03. The van der Waals surface area contributed by atoms with Crippen LogP contribution in [0, 0.1) is 24.0 Å². The molecule has 3 rings (SSSR count). The number of benzene rings is 2. The Balaban J connectivity index is 1.63. The van der Waals surface area contributed by atoms with E-state index in [0.717, 1.165) is 23.6 Å². The Morgan fingerprint density at radius 3 is 2.45 bits per heavy atom. The highest BCUT2D eigenvalue weighted by atomic mass is 32.2. The molecule has 1 amide bonds. The first-order valence-corrected chi connectivity index (χ1v) is 12.1. The first-order chi connectivity index (χ1) is 15.6. The van der Waals surface area contributed by atoms with Gasteiger partial charge >= 0.3 is 0 Å². The highest BCUT2D eigenvalue weighted by molar-refractivity contribution is 7.90. The second-order valence-corrected chi connectivity index (χ2v) is 9.60. The lowest BCUT2D eigenvalue weighted by Crippen LogP contribution is -2.29. The van der Waals surface area contributed by atoms with Gasteiger partial charge in [-0.1, -0.05) is 30.3 Å². The molecule has 0 fully saturated rings. The van der Waals surface area contributed by atoms with Crippen LogP contribution in [0.2, 0.25) is 0 Å². The third-order valence-corrected chi connectivity index (χ3v) is 6.21. The molecule has 0 unspecified atom stereocenters. The lowest BCUT2D eigenvalue weighted by atomic mass is 10.1. The minimum Gasteiger partial charge on any atom is -0.378 e. The van der Waals surface area contributed by atoms with Crippen LogP contribution in [-0.4, -0.2) is 48.4 Å². The molecule has 0 aliphatic heterocycles. The second-order valence-electron chi connectivity index (χ2n) is 7.58. The van der Waals surface area contributed by atoms with Crippen LogP contribution in [0.3, 0.4) is 0 Å². The number of rotatable bonds is 9. The quantitative estimate of drug-likeness (QED) is 0.278. The number of hydrogen-bond donors (Lipinski definition) is 2. The number of aromatic nitrogens is 2. The minimum atomic E-state index is -3.57. The van der Waals surface area contributed by atoms with E-state index in [9.17, 15) is 23.3 Å². The fraction of sp³-hybridized carbons (Fsp3) is 0.273. The molecule has 2 aromatic carbocycles. The smallest absolute Gasteiger partial charge is 0.293 e. The molecule has 3 aromatic rings. The van der Waals surface area contributed by atoms with Gasteiger partial charge in [0.05, 0.1) is 27.6 Å². The van der Waals surface area contributed by atoms with Crippen LogP contribution >= 0.6 is 0 Å². The Morgan fingerprint density at radius 1 is 1.12 bits per heavy atom. The zero-order chi connectivity index (χ0) is 24.2. The normalized spacial score (nSPS) is 11.2. The highest BCUT2D eigenvalue weighted by Gasteiger charge is 2.20. The molecule has 0 saturated carbocycles.